The molecule has 0 atom stereocenters. The van der Waals surface area contributed by atoms with E-state index in [0.717, 1.165) is 0 Å². The van der Waals surface area contributed by atoms with Crippen molar-refractivity contribution < 1.29 is 257 Å². The largest absolute Gasteiger partial charge is 1.00 e. The summed E-state index contributed by atoms with van der Waals surface area (Å²) in [7, 11) is -6.86. The Kier molecular flexibility index (Phi) is 25.0. The summed E-state index contributed by atoms with van der Waals surface area (Å²) in [5.74, 6) is -0.642. The van der Waals surface area contributed by atoms with Crippen LogP contribution in [-0.4, -0.2) is 21.3 Å². The van der Waals surface area contributed by atoms with E-state index < -0.39 is 15.6 Å². The number of benzene rings is 2. The molecule has 164 valence electrons. The van der Waals surface area contributed by atoms with Crippen molar-refractivity contribution in [3.05, 3.63) is 41.5 Å². The Morgan fingerprint density at radius 1 is 0.618 bits per heavy atom. The van der Waals surface area contributed by atoms with Gasteiger partial charge in [0.1, 0.15) is 15.6 Å². The zero-order chi connectivity index (χ0) is 22.5. The molecular weight excluding hydrogens is 599 g/mol. The Labute approximate surface area is 367 Å². The second-order valence-corrected chi connectivity index (χ2v) is 7.73. The van der Waals surface area contributed by atoms with Crippen LogP contribution >= 0.6 is 15.6 Å². The zero-order valence-electron chi connectivity index (χ0n) is 19.9. The molecule has 0 heterocycles. The van der Waals surface area contributed by atoms with E-state index in [-0.39, 0.29) is 234 Å². The van der Waals surface area contributed by atoms with E-state index in [1.165, 1.54) is 57.7 Å². The summed E-state index contributed by atoms with van der Waals surface area (Å²) in [6.07, 6.45) is 2.97. The summed E-state index contributed by atoms with van der Waals surface area (Å²) >= 11 is 0. The minimum atomic E-state index is -5.37. The third-order valence-electron chi connectivity index (χ3n) is 3.54. The monoisotopic (exact) mass is 614 g/mol. The maximum absolute atomic E-state index is 11.0. The number of phosphoric ester groups is 2. The quantitative estimate of drug-likeness (QED) is 0.149. The molecule has 2 aromatic carbocycles. The first kappa shape index (κ1) is 42.5. The number of methoxy groups -OCH3 is 3. The number of phosphoric acid groups is 2. The molecule has 0 N–H and O–H groups in total. The van der Waals surface area contributed by atoms with Crippen LogP contribution in [0.15, 0.2) is 30.3 Å². The van der Waals surface area contributed by atoms with Crippen LogP contribution in [0.1, 0.15) is 11.1 Å². The Balaban J connectivity index is -0.00000240. The molecule has 0 aromatic heterocycles. The average Bonchev–Trinajstić information content (AvgIpc) is 2.63. The number of rotatable bonds is 9. The molecule has 0 unspecified atom stereocenters. The normalized spacial score (nSPS) is 10.6. The van der Waals surface area contributed by atoms with Crippen LogP contribution in [0.3, 0.4) is 0 Å². The smallest absolute Gasteiger partial charge is 0.780 e. The van der Waals surface area contributed by atoms with Crippen LogP contribution in [0.25, 0.3) is 12.2 Å². The van der Waals surface area contributed by atoms with E-state index in [0.29, 0.717) is 11.1 Å². The zero-order valence-corrected chi connectivity index (χ0v) is 34.2. The molecule has 0 spiro atoms. The van der Waals surface area contributed by atoms with Gasteiger partial charge in [-0.15, -0.1) is 0 Å². The molecule has 0 aliphatic carbocycles. The van der Waals surface area contributed by atoms with E-state index in [1.807, 2.05) is 0 Å². The second kappa shape index (κ2) is 20.0. The number of hydrogen-bond acceptors (Lipinski definition) is 11. The summed E-state index contributed by atoms with van der Waals surface area (Å²) in [4.78, 5) is 43.8. The van der Waals surface area contributed by atoms with Crippen molar-refractivity contribution in [3.63, 3.8) is 0 Å². The first-order valence-electron chi connectivity index (χ1n) is 8.01. The van der Waals surface area contributed by atoms with Gasteiger partial charge >= 0.3 is 206 Å². The third-order valence-corrected chi connectivity index (χ3v) is 4.38. The van der Waals surface area contributed by atoms with Gasteiger partial charge in [0.05, 0.1) is 21.3 Å². The molecule has 34 heavy (non-hydrogen) atoms. The van der Waals surface area contributed by atoms with Crippen LogP contribution in [-0.2, 0) is 9.13 Å². The van der Waals surface area contributed by atoms with Gasteiger partial charge in [-0.2, -0.15) is 0 Å². The summed E-state index contributed by atoms with van der Waals surface area (Å²) < 4.78 is 45.8. The minimum absolute atomic E-state index is 0. The van der Waals surface area contributed by atoms with Crippen LogP contribution in [0.5, 0.6) is 28.7 Å². The first-order valence-corrected chi connectivity index (χ1v) is 10.9. The summed E-state index contributed by atoms with van der Waals surface area (Å²) in [5, 5.41) is 0. The van der Waals surface area contributed by atoms with E-state index >= 15 is 0 Å². The van der Waals surface area contributed by atoms with Gasteiger partial charge in [-0.25, -0.2) is 0 Å². The molecule has 17 heteroatoms. The van der Waals surface area contributed by atoms with Gasteiger partial charge in [-0.05, 0) is 35.4 Å². The molecule has 0 radical (unpaired) electrons. The molecule has 0 saturated carbocycles. The SMILES string of the molecule is COc1ccc(/C=C\c2cc(OC)c(OC)c(OP(=O)([O-])[O-])c2)cc1OP(=O)([O-])[O-].[K+].[K+].[K+].[K+]. The van der Waals surface area contributed by atoms with Gasteiger partial charge in [-0.3, -0.25) is 0 Å². The van der Waals surface area contributed by atoms with Crippen molar-refractivity contribution >= 4 is 27.8 Å². The van der Waals surface area contributed by atoms with Crippen molar-refractivity contribution in [2.75, 3.05) is 21.3 Å². The average molecular weight is 615 g/mol. The Bertz CT molecular complexity index is 1040. The van der Waals surface area contributed by atoms with Gasteiger partial charge in [0, 0.05) is 0 Å². The van der Waals surface area contributed by atoms with E-state index in [1.54, 1.807) is 6.07 Å². The predicted molar refractivity (Wildman–Crippen MR) is 97.9 cm³/mol. The van der Waals surface area contributed by atoms with Crippen molar-refractivity contribution in [2.45, 2.75) is 0 Å². The van der Waals surface area contributed by atoms with Crippen LogP contribution in [0.2, 0.25) is 0 Å². The van der Waals surface area contributed by atoms with Crippen molar-refractivity contribution in [1.29, 1.82) is 0 Å². The maximum Gasteiger partial charge on any atom is 1.00 e. The van der Waals surface area contributed by atoms with E-state index in [4.69, 9.17) is 14.2 Å². The first-order chi connectivity index (χ1) is 14.0. The van der Waals surface area contributed by atoms with Gasteiger partial charge < -0.3 is 52.0 Å². The van der Waals surface area contributed by atoms with Gasteiger partial charge in [0.15, 0.2) is 23.0 Å². The minimum Gasteiger partial charge on any atom is -0.780 e. The number of hydrogen-bond donors (Lipinski definition) is 0. The van der Waals surface area contributed by atoms with Crippen LogP contribution in [0, 0.1) is 0 Å². The molecule has 2 aromatic rings. The second-order valence-electron chi connectivity index (χ2n) is 5.58. The molecule has 0 bridgehead atoms. The summed E-state index contributed by atoms with van der Waals surface area (Å²) in [6, 6.07) is 6.89. The fourth-order valence-corrected chi connectivity index (χ4v) is 3.18. The molecule has 0 fully saturated rings. The van der Waals surface area contributed by atoms with Gasteiger partial charge in [0.2, 0.25) is 5.75 Å². The predicted octanol–water partition coefficient (Wildman–Crippen LogP) is -11.7. The molecule has 0 aliphatic rings. The Hall–Kier alpha value is 4.03. The fourth-order valence-electron chi connectivity index (χ4n) is 2.42. The summed E-state index contributed by atoms with van der Waals surface area (Å²) in [5.41, 5.74) is 0.766. The van der Waals surface area contributed by atoms with Crippen LogP contribution < -0.4 is 248 Å². The maximum atomic E-state index is 11.0. The van der Waals surface area contributed by atoms with Crippen molar-refractivity contribution in [3.8, 4) is 28.7 Å². The molecule has 0 aliphatic heterocycles. The number of ether oxygens (including phenoxy) is 3. The Morgan fingerprint density at radius 2 is 1.06 bits per heavy atom. The van der Waals surface area contributed by atoms with Crippen molar-refractivity contribution in [2.24, 2.45) is 0 Å². The molecule has 0 amide bonds. The van der Waals surface area contributed by atoms with E-state index in [2.05, 4.69) is 9.05 Å². The molecule has 0 saturated heterocycles. The topological polar surface area (TPSA) is 173 Å². The standard InChI is InChI=1S/C17H20O11P2.4K/c1-24-13-7-6-11(8-14(13)27-29(18,19)20)4-5-12-9-15(25-2)17(26-3)16(10-12)28-30(21,22)23;;;;/h4-10H,1-3H3,(H2,18,19,20)(H2,21,22,23);;;;/q;4*+1/p-4/b5-4-;;;;. The molecular formula is C17H16K4O11P2. The Morgan fingerprint density at radius 3 is 1.53 bits per heavy atom. The fraction of sp³-hybridized carbons (Fsp3) is 0.176. The van der Waals surface area contributed by atoms with Crippen LogP contribution in [0.4, 0.5) is 0 Å². The van der Waals surface area contributed by atoms with Gasteiger partial charge in [0.25, 0.3) is 0 Å². The van der Waals surface area contributed by atoms with Gasteiger partial charge in [-0.1, -0.05) is 18.2 Å². The third kappa shape index (κ3) is 15.1. The molecule has 11 nitrogen and oxygen atoms in total. The summed E-state index contributed by atoms with van der Waals surface area (Å²) in [6.45, 7) is 0. The van der Waals surface area contributed by atoms with Crippen molar-refractivity contribution in [1.82, 2.24) is 0 Å². The molecule has 2 rings (SSSR count). The van der Waals surface area contributed by atoms with E-state index in [9.17, 15) is 28.7 Å².